The summed E-state index contributed by atoms with van der Waals surface area (Å²) in [4.78, 5) is 0. The number of hydrogen-bond acceptors (Lipinski definition) is 1. The van der Waals surface area contributed by atoms with Crippen LogP contribution in [0.15, 0.2) is 18.2 Å². The fourth-order valence-corrected chi connectivity index (χ4v) is 3.18. The van der Waals surface area contributed by atoms with Gasteiger partial charge in [0.15, 0.2) is 0 Å². The number of nitrogens with two attached hydrogens (primary N) is 1. The first-order valence-electron chi connectivity index (χ1n) is 6.50. The van der Waals surface area contributed by atoms with E-state index >= 15 is 0 Å². The van der Waals surface area contributed by atoms with Gasteiger partial charge in [-0.3, -0.25) is 0 Å². The van der Waals surface area contributed by atoms with E-state index in [-0.39, 0.29) is 11.4 Å². The molecule has 3 unspecified atom stereocenters. The molecule has 0 heterocycles. The van der Waals surface area contributed by atoms with Crippen LogP contribution in [0.3, 0.4) is 0 Å². The highest BCUT2D eigenvalue weighted by Crippen LogP contribution is 2.43. The first-order chi connectivity index (χ1) is 7.95. The topological polar surface area (TPSA) is 26.0 Å². The third kappa shape index (κ3) is 2.11. The van der Waals surface area contributed by atoms with Gasteiger partial charge in [-0.2, -0.15) is 0 Å². The van der Waals surface area contributed by atoms with Crippen molar-refractivity contribution < 1.29 is 4.39 Å². The Morgan fingerprint density at radius 2 is 2.06 bits per heavy atom. The van der Waals surface area contributed by atoms with E-state index in [0.29, 0.717) is 11.8 Å². The van der Waals surface area contributed by atoms with Crippen molar-refractivity contribution in [1.29, 1.82) is 0 Å². The highest BCUT2D eigenvalue weighted by Gasteiger charge is 2.40. The highest BCUT2D eigenvalue weighted by molar-refractivity contribution is 5.34. The van der Waals surface area contributed by atoms with Crippen LogP contribution in [-0.2, 0) is 5.54 Å². The maximum Gasteiger partial charge on any atom is 0.123 e. The van der Waals surface area contributed by atoms with Gasteiger partial charge in [0.05, 0.1) is 0 Å². The molecule has 1 aliphatic rings. The lowest BCUT2D eigenvalue weighted by Gasteiger charge is -2.44. The molecule has 0 aliphatic heterocycles. The van der Waals surface area contributed by atoms with Gasteiger partial charge in [-0.15, -0.1) is 0 Å². The van der Waals surface area contributed by atoms with Crippen molar-refractivity contribution in [2.45, 2.75) is 45.6 Å². The molecule has 1 saturated carbocycles. The van der Waals surface area contributed by atoms with E-state index in [1.54, 1.807) is 6.07 Å². The Hall–Kier alpha value is -0.890. The van der Waals surface area contributed by atoms with Crippen molar-refractivity contribution >= 4 is 0 Å². The van der Waals surface area contributed by atoms with E-state index < -0.39 is 0 Å². The van der Waals surface area contributed by atoms with E-state index in [4.69, 9.17) is 5.73 Å². The summed E-state index contributed by atoms with van der Waals surface area (Å²) in [6.45, 7) is 6.48. The second-order valence-corrected chi connectivity index (χ2v) is 5.66. The molecule has 1 aliphatic carbocycles. The predicted octanol–water partition coefficient (Wildman–Crippen LogP) is 3.74. The third-order valence-corrected chi connectivity index (χ3v) is 4.62. The number of benzene rings is 1. The molecule has 2 heteroatoms. The first kappa shape index (κ1) is 12.6. The molecule has 0 spiro atoms. The monoisotopic (exact) mass is 235 g/mol. The molecule has 1 fully saturated rings. The van der Waals surface area contributed by atoms with Gasteiger partial charge in [0, 0.05) is 5.54 Å². The summed E-state index contributed by atoms with van der Waals surface area (Å²) in [6.07, 6.45) is 3.33. The second kappa shape index (κ2) is 4.41. The number of aryl methyl sites for hydroxylation is 1. The zero-order valence-electron chi connectivity index (χ0n) is 11.0. The Bertz CT molecular complexity index is 415. The van der Waals surface area contributed by atoms with Gasteiger partial charge in [0.25, 0.3) is 0 Å². The van der Waals surface area contributed by atoms with Crippen LogP contribution in [0.2, 0.25) is 0 Å². The molecule has 2 rings (SSSR count). The average molecular weight is 235 g/mol. The van der Waals surface area contributed by atoms with Crippen LogP contribution in [0, 0.1) is 24.6 Å². The lowest BCUT2D eigenvalue weighted by molar-refractivity contribution is 0.143. The summed E-state index contributed by atoms with van der Waals surface area (Å²) >= 11 is 0. The molecule has 1 nitrogen and oxygen atoms in total. The van der Waals surface area contributed by atoms with E-state index in [1.165, 1.54) is 12.5 Å². The zero-order chi connectivity index (χ0) is 12.6. The lowest BCUT2D eigenvalue weighted by Crippen LogP contribution is -2.48. The smallest absolute Gasteiger partial charge is 0.123 e. The van der Waals surface area contributed by atoms with Crippen LogP contribution in [0.5, 0.6) is 0 Å². The van der Waals surface area contributed by atoms with E-state index in [1.807, 2.05) is 13.0 Å². The summed E-state index contributed by atoms with van der Waals surface area (Å²) in [5, 5.41) is 0. The van der Waals surface area contributed by atoms with E-state index in [9.17, 15) is 4.39 Å². The highest BCUT2D eigenvalue weighted by atomic mass is 19.1. The Labute approximate surface area is 103 Å². The number of halogens is 1. The van der Waals surface area contributed by atoms with Crippen molar-refractivity contribution in [2.75, 3.05) is 0 Å². The van der Waals surface area contributed by atoms with Gasteiger partial charge in [-0.25, -0.2) is 4.39 Å². The predicted molar refractivity (Wildman–Crippen MR) is 69.2 cm³/mol. The molecule has 94 valence electrons. The summed E-state index contributed by atoms with van der Waals surface area (Å²) in [5.74, 6) is 0.828. The zero-order valence-corrected chi connectivity index (χ0v) is 11.0. The number of rotatable bonds is 1. The molecule has 0 amide bonds. The van der Waals surface area contributed by atoms with E-state index in [2.05, 4.69) is 13.8 Å². The third-order valence-electron chi connectivity index (χ3n) is 4.62. The van der Waals surface area contributed by atoms with Crippen LogP contribution in [-0.4, -0.2) is 0 Å². The van der Waals surface area contributed by atoms with Gasteiger partial charge in [0.1, 0.15) is 5.82 Å². The minimum Gasteiger partial charge on any atom is -0.321 e. The van der Waals surface area contributed by atoms with E-state index in [0.717, 1.165) is 24.0 Å². The van der Waals surface area contributed by atoms with Crippen molar-refractivity contribution in [1.82, 2.24) is 0 Å². The maximum absolute atomic E-state index is 13.4. The van der Waals surface area contributed by atoms with Gasteiger partial charge in [-0.1, -0.05) is 32.8 Å². The van der Waals surface area contributed by atoms with Crippen molar-refractivity contribution in [3.63, 3.8) is 0 Å². The Morgan fingerprint density at radius 3 is 2.76 bits per heavy atom. The molecule has 0 aromatic heterocycles. The minimum absolute atomic E-state index is 0.180. The Kier molecular flexibility index (Phi) is 3.26. The first-order valence-corrected chi connectivity index (χ1v) is 6.50. The normalized spacial score (nSPS) is 33.7. The van der Waals surface area contributed by atoms with Gasteiger partial charge >= 0.3 is 0 Å². The van der Waals surface area contributed by atoms with Crippen LogP contribution in [0.1, 0.15) is 44.2 Å². The Balaban J connectivity index is 2.46. The molecular formula is C15H22FN. The van der Waals surface area contributed by atoms with Crippen molar-refractivity contribution in [3.8, 4) is 0 Å². The van der Waals surface area contributed by atoms with Crippen molar-refractivity contribution in [2.24, 2.45) is 17.6 Å². The molecule has 3 atom stereocenters. The summed E-state index contributed by atoms with van der Waals surface area (Å²) in [6, 6.07) is 4.98. The largest absolute Gasteiger partial charge is 0.321 e. The minimum atomic E-state index is -0.357. The molecular weight excluding hydrogens is 213 g/mol. The fourth-order valence-electron chi connectivity index (χ4n) is 3.18. The quantitative estimate of drug-likeness (QED) is 0.788. The van der Waals surface area contributed by atoms with Crippen LogP contribution in [0.25, 0.3) is 0 Å². The number of hydrogen-bond donors (Lipinski definition) is 1. The summed E-state index contributed by atoms with van der Waals surface area (Å²) in [7, 11) is 0. The van der Waals surface area contributed by atoms with Gasteiger partial charge in [0.2, 0.25) is 0 Å². The molecule has 0 saturated heterocycles. The lowest BCUT2D eigenvalue weighted by atomic mass is 9.65. The standard InChI is InChI=1S/C15H22FN/c1-10-5-4-8-15(17,12(10)3)14-9-13(16)7-6-11(14)2/h6-7,9-10,12H,4-5,8,17H2,1-3H3. The summed E-state index contributed by atoms with van der Waals surface area (Å²) in [5.41, 5.74) is 8.36. The van der Waals surface area contributed by atoms with Crippen molar-refractivity contribution in [3.05, 3.63) is 35.1 Å². The molecule has 17 heavy (non-hydrogen) atoms. The molecule has 1 aromatic carbocycles. The van der Waals surface area contributed by atoms with Gasteiger partial charge < -0.3 is 5.73 Å². The van der Waals surface area contributed by atoms with Crippen LogP contribution >= 0.6 is 0 Å². The molecule has 0 bridgehead atoms. The molecule has 0 radical (unpaired) electrons. The van der Waals surface area contributed by atoms with Gasteiger partial charge in [-0.05, 0) is 48.4 Å². The second-order valence-electron chi connectivity index (χ2n) is 5.66. The SMILES string of the molecule is Cc1ccc(F)cc1C1(N)CCCC(C)C1C. The Morgan fingerprint density at radius 1 is 1.35 bits per heavy atom. The summed E-state index contributed by atoms with van der Waals surface area (Å²) < 4.78 is 13.4. The van der Waals surface area contributed by atoms with Crippen LogP contribution < -0.4 is 5.73 Å². The molecule has 1 aromatic rings. The molecule has 2 N–H and O–H groups in total. The maximum atomic E-state index is 13.4. The fraction of sp³-hybridized carbons (Fsp3) is 0.600. The average Bonchev–Trinajstić information content (AvgIpc) is 2.29. The van der Waals surface area contributed by atoms with Crippen LogP contribution in [0.4, 0.5) is 4.39 Å².